The Morgan fingerprint density at radius 2 is 1.58 bits per heavy atom. The maximum Gasteiger partial charge on any atom is 0.230 e. The third-order valence-corrected chi connectivity index (χ3v) is 6.12. The highest BCUT2D eigenvalue weighted by atomic mass is 19.1. The fourth-order valence-electron chi connectivity index (χ4n) is 4.76. The molecular formula is C24H19F3N2O2. The summed E-state index contributed by atoms with van der Waals surface area (Å²) in [5.74, 6) is -3.01. The quantitative estimate of drug-likeness (QED) is 0.637. The highest BCUT2D eigenvalue weighted by Crippen LogP contribution is 2.49. The minimum absolute atomic E-state index is 0.00609. The summed E-state index contributed by atoms with van der Waals surface area (Å²) < 4.78 is 47.9. The molecule has 2 saturated heterocycles. The molecule has 2 fully saturated rings. The van der Waals surface area contributed by atoms with Crippen molar-refractivity contribution in [3.8, 4) is 11.1 Å². The lowest BCUT2D eigenvalue weighted by Crippen LogP contribution is -2.36. The molecule has 2 bridgehead atoms. The number of benzene rings is 2. The Morgan fingerprint density at radius 1 is 0.903 bits per heavy atom. The number of carbonyl (C=O) groups is 1. The average molecular weight is 424 g/mol. The van der Waals surface area contributed by atoms with E-state index in [1.807, 2.05) is 12.1 Å². The van der Waals surface area contributed by atoms with Crippen LogP contribution in [0.15, 0.2) is 60.9 Å². The maximum absolute atomic E-state index is 14.7. The molecule has 3 aromatic rings. The number of amides is 1. The summed E-state index contributed by atoms with van der Waals surface area (Å²) in [4.78, 5) is 17.2. The molecule has 0 aliphatic carbocycles. The van der Waals surface area contributed by atoms with Crippen LogP contribution in [0.5, 0.6) is 0 Å². The van der Waals surface area contributed by atoms with Crippen LogP contribution in [0.3, 0.4) is 0 Å². The molecule has 3 heterocycles. The summed E-state index contributed by atoms with van der Waals surface area (Å²) >= 11 is 0. The number of pyridine rings is 1. The second kappa shape index (κ2) is 7.81. The highest BCUT2D eigenvalue weighted by Gasteiger charge is 2.52. The van der Waals surface area contributed by atoms with Gasteiger partial charge in [0.05, 0.1) is 18.1 Å². The Bertz CT molecular complexity index is 1140. The topological polar surface area (TPSA) is 51.2 Å². The number of aromatic nitrogens is 1. The molecule has 1 amide bonds. The van der Waals surface area contributed by atoms with E-state index in [-0.39, 0.29) is 40.8 Å². The Morgan fingerprint density at radius 3 is 2.29 bits per heavy atom. The van der Waals surface area contributed by atoms with E-state index >= 15 is 0 Å². The second-order valence-electron chi connectivity index (χ2n) is 7.93. The molecule has 0 spiro atoms. The zero-order valence-electron chi connectivity index (χ0n) is 16.4. The standard InChI is InChI=1S/C24H19F3N2O2/c25-14-1-3-16(18(26)11-14)17-4-2-15(12-19(17)27)29-24(30)23-21-6-5-20(31-21)22(23)13-7-9-28-10-8-13/h1-4,7-12,20-23H,5-6H2,(H,29,30)/t20?,21?,22-,23?/m1/s1. The average Bonchev–Trinajstić information content (AvgIpc) is 3.37. The third kappa shape index (κ3) is 3.59. The van der Waals surface area contributed by atoms with Gasteiger partial charge in [-0.1, -0.05) is 0 Å². The van der Waals surface area contributed by atoms with Gasteiger partial charge in [0.1, 0.15) is 17.5 Å². The van der Waals surface area contributed by atoms with E-state index in [1.54, 1.807) is 12.4 Å². The predicted octanol–water partition coefficient (Wildman–Crippen LogP) is 5.07. The van der Waals surface area contributed by atoms with Gasteiger partial charge < -0.3 is 10.1 Å². The number of ether oxygens (including phenoxy) is 1. The van der Waals surface area contributed by atoms with Gasteiger partial charge in [-0.25, -0.2) is 13.2 Å². The van der Waals surface area contributed by atoms with Gasteiger partial charge in [-0.3, -0.25) is 9.78 Å². The zero-order chi connectivity index (χ0) is 21.5. The van der Waals surface area contributed by atoms with Crippen molar-refractivity contribution in [2.24, 2.45) is 5.92 Å². The highest BCUT2D eigenvalue weighted by molar-refractivity contribution is 5.94. The lowest BCUT2D eigenvalue weighted by atomic mass is 9.75. The molecular weight excluding hydrogens is 405 g/mol. The monoisotopic (exact) mass is 424 g/mol. The van der Waals surface area contributed by atoms with Gasteiger partial charge in [0.15, 0.2) is 0 Å². The Balaban J connectivity index is 1.38. The van der Waals surface area contributed by atoms with Crippen LogP contribution in [0.25, 0.3) is 11.1 Å². The summed E-state index contributed by atoms with van der Waals surface area (Å²) in [6.45, 7) is 0. The molecule has 158 valence electrons. The van der Waals surface area contributed by atoms with Crippen molar-refractivity contribution in [1.82, 2.24) is 4.98 Å². The van der Waals surface area contributed by atoms with Gasteiger partial charge >= 0.3 is 0 Å². The van der Waals surface area contributed by atoms with Crippen molar-refractivity contribution in [3.63, 3.8) is 0 Å². The van der Waals surface area contributed by atoms with Crippen LogP contribution in [0.2, 0.25) is 0 Å². The van der Waals surface area contributed by atoms with Crippen molar-refractivity contribution < 1.29 is 22.7 Å². The Labute approximate surface area is 177 Å². The van der Waals surface area contributed by atoms with Crippen LogP contribution in [-0.4, -0.2) is 23.1 Å². The number of fused-ring (bicyclic) bond motifs is 2. The van der Waals surface area contributed by atoms with Gasteiger partial charge in [-0.2, -0.15) is 0 Å². The zero-order valence-corrected chi connectivity index (χ0v) is 16.4. The first-order valence-corrected chi connectivity index (χ1v) is 10.1. The maximum atomic E-state index is 14.7. The molecule has 2 aromatic carbocycles. The molecule has 1 N–H and O–H groups in total. The predicted molar refractivity (Wildman–Crippen MR) is 109 cm³/mol. The SMILES string of the molecule is O=C(Nc1ccc(-c2ccc(F)cc2F)c(F)c1)C1C2CCC(O2)[C@H]1c1ccncc1. The van der Waals surface area contributed by atoms with E-state index in [2.05, 4.69) is 10.3 Å². The summed E-state index contributed by atoms with van der Waals surface area (Å²) in [5, 5.41) is 2.78. The Kier molecular flexibility index (Phi) is 4.98. The molecule has 2 aliphatic heterocycles. The van der Waals surface area contributed by atoms with Crippen LogP contribution >= 0.6 is 0 Å². The number of nitrogens with zero attached hydrogens (tertiary/aromatic N) is 1. The molecule has 4 atom stereocenters. The molecule has 2 aliphatic rings. The number of hydrogen-bond acceptors (Lipinski definition) is 3. The van der Waals surface area contributed by atoms with Crippen LogP contribution < -0.4 is 5.32 Å². The fourth-order valence-corrected chi connectivity index (χ4v) is 4.76. The molecule has 4 nitrogen and oxygen atoms in total. The van der Waals surface area contributed by atoms with Gasteiger partial charge in [0.25, 0.3) is 0 Å². The Hall–Kier alpha value is -3.19. The van der Waals surface area contributed by atoms with Crippen molar-refractivity contribution in [3.05, 3.63) is 83.9 Å². The van der Waals surface area contributed by atoms with E-state index in [9.17, 15) is 18.0 Å². The molecule has 0 saturated carbocycles. The summed E-state index contributed by atoms with van der Waals surface area (Å²) in [6.07, 6.45) is 4.89. The third-order valence-electron chi connectivity index (χ3n) is 6.12. The lowest BCUT2D eigenvalue weighted by molar-refractivity contribution is -0.121. The first-order valence-electron chi connectivity index (χ1n) is 10.1. The van der Waals surface area contributed by atoms with E-state index < -0.39 is 23.4 Å². The van der Waals surface area contributed by atoms with Crippen molar-refractivity contribution in [2.75, 3.05) is 5.32 Å². The molecule has 3 unspecified atom stereocenters. The minimum Gasteiger partial charge on any atom is -0.373 e. The van der Waals surface area contributed by atoms with E-state index in [0.717, 1.165) is 30.5 Å². The normalized spacial score (nSPS) is 24.4. The van der Waals surface area contributed by atoms with Gasteiger partial charge in [0.2, 0.25) is 5.91 Å². The van der Waals surface area contributed by atoms with Crippen LogP contribution in [0, 0.1) is 23.4 Å². The van der Waals surface area contributed by atoms with Crippen LogP contribution in [0.4, 0.5) is 18.9 Å². The van der Waals surface area contributed by atoms with Gasteiger partial charge in [0, 0.05) is 41.2 Å². The minimum atomic E-state index is -0.852. The van der Waals surface area contributed by atoms with E-state index in [1.165, 1.54) is 18.2 Å². The number of halogens is 3. The molecule has 31 heavy (non-hydrogen) atoms. The molecule has 7 heteroatoms. The lowest BCUT2D eigenvalue weighted by Gasteiger charge is -2.27. The first kappa shape index (κ1) is 19.8. The van der Waals surface area contributed by atoms with Crippen molar-refractivity contribution >= 4 is 11.6 Å². The molecule has 0 radical (unpaired) electrons. The smallest absolute Gasteiger partial charge is 0.230 e. The number of hydrogen-bond donors (Lipinski definition) is 1. The van der Waals surface area contributed by atoms with Gasteiger partial charge in [-0.15, -0.1) is 0 Å². The van der Waals surface area contributed by atoms with E-state index in [4.69, 9.17) is 4.74 Å². The summed E-state index contributed by atoms with van der Waals surface area (Å²) in [6, 6.07) is 10.8. The van der Waals surface area contributed by atoms with Crippen LogP contribution in [-0.2, 0) is 9.53 Å². The van der Waals surface area contributed by atoms with Crippen molar-refractivity contribution in [1.29, 1.82) is 0 Å². The number of rotatable bonds is 4. The fraction of sp³-hybridized carbons (Fsp3) is 0.250. The summed E-state index contributed by atoms with van der Waals surface area (Å²) in [5.41, 5.74) is 1.21. The summed E-state index contributed by atoms with van der Waals surface area (Å²) in [7, 11) is 0. The first-order chi connectivity index (χ1) is 15.0. The number of nitrogens with one attached hydrogen (secondary N) is 1. The van der Waals surface area contributed by atoms with Crippen LogP contribution in [0.1, 0.15) is 24.3 Å². The molecule has 1 aromatic heterocycles. The van der Waals surface area contributed by atoms with Crippen molar-refractivity contribution in [2.45, 2.75) is 31.0 Å². The van der Waals surface area contributed by atoms with E-state index in [0.29, 0.717) is 6.07 Å². The number of carbonyl (C=O) groups excluding carboxylic acids is 1. The second-order valence-corrected chi connectivity index (χ2v) is 7.93. The molecule has 5 rings (SSSR count). The van der Waals surface area contributed by atoms with Gasteiger partial charge in [-0.05, 0) is 60.9 Å². The largest absolute Gasteiger partial charge is 0.373 e. The number of anilines is 1.